The van der Waals surface area contributed by atoms with Gasteiger partial charge in [-0.15, -0.1) is 0 Å². The first-order valence-corrected chi connectivity index (χ1v) is 6.72. The lowest BCUT2D eigenvalue weighted by molar-refractivity contribution is -0.126. The quantitative estimate of drug-likeness (QED) is 0.854. The number of carbonyl (C=O) groups is 1. The Morgan fingerprint density at radius 2 is 2.00 bits per heavy atom. The Morgan fingerprint density at radius 1 is 1.42 bits per heavy atom. The first-order chi connectivity index (χ1) is 8.95. The van der Waals surface area contributed by atoms with Gasteiger partial charge in [0.2, 0.25) is 5.91 Å². The summed E-state index contributed by atoms with van der Waals surface area (Å²) < 4.78 is 12.9. The summed E-state index contributed by atoms with van der Waals surface area (Å²) in [7, 11) is 0. The Morgan fingerprint density at radius 3 is 2.47 bits per heavy atom. The van der Waals surface area contributed by atoms with E-state index in [9.17, 15) is 9.18 Å². The Hall–Kier alpha value is -1.42. The summed E-state index contributed by atoms with van der Waals surface area (Å²) in [6.07, 6.45) is 2.28. The van der Waals surface area contributed by atoms with Crippen molar-refractivity contribution in [1.29, 1.82) is 0 Å². The van der Waals surface area contributed by atoms with Gasteiger partial charge < -0.3 is 11.1 Å². The molecular formula is C15H21FN2O. The van der Waals surface area contributed by atoms with Crippen LogP contribution in [0.1, 0.15) is 32.3 Å². The molecule has 1 aliphatic rings. The fourth-order valence-corrected chi connectivity index (χ4v) is 2.21. The van der Waals surface area contributed by atoms with Crippen LogP contribution >= 0.6 is 0 Å². The van der Waals surface area contributed by atoms with E-state index in [0.29, 0.717) is 12.5 Å². The van der Waals surface area contributed by atoms with Crippen LogP contribution in [0.15, 0.2) is 24.3 Å². The molecule has 0 saturated heterocycles. The van der Waals surface area contributed by atoms with E-state index in [-0.39, 0.29) is 17.8 Å². The maximum Gasteiger partial charge on any atom is 0.230 e. The summed E-state index contributed by atoms with van der Waals surface area (Å²) in [5.41, 5.74) is 5.82. The van der Waals surface area contributed by atoms with E-state index in [1.807, 2.05) is 13.8 Å². The molecule has 1 aliphatic carbocycles. The van der Waals surface area contributed by atoms with Crippen LogP contribution in [0, 0.1) is 11.7 Å². The van der Waals surface area contributed by atoms with Crippen LogP contribution in [-0.4, -0.2) is 18.5 Å². The number of hydrogen-bond donors (Lipinski definition) is 2. The molecule has 3 N–H and O–H groups in total. The molecule has 1 fully saturated rings. The lowest BCUT2D eigenvalue weighted by atomic mass is 9.83. The summed E-state index contributed by atoms with van der Waals surface area (Å²) in [5.74, 6) is 0.178. The first kappa shape index (κ1) is 14.0. The van der Waals surface area contributed by atoms with E-state index < -0.39 is 5.41 Å². The fraction of sp³-hybridized carbons (Fsp3) is 0.533. The Balaban J connectivity index is 2.09. The van der Waals surface area contributed by atoms with Crippen LogP contribution in [0.4, 0.5) is 4.39 Å². The average molecular weight is 264 g/mol. The number of carbonyl (C=O) groups excluding carboxylic acids is 1. The van der Waals surface area contributed by atoms with Crippen LogP contribution in [0.3, 0.4) is 0 Å². The van der Waals surface area contributed by atoms with E-state index in [1.165, 1.54) is 12.1 Å². The van der Waals surface area contributed by atoms with Gasteiger partial charge in [0.05, 0.1) is 5.41 Å². The molecule has 1 atom stereocenters. The summed E-state index contributed by atoms with van der Waals surface area (Å²) in [4.78, 5) is 12.4. The SMILES string of the molecule is CC(C)(C(=O)NC(CN)C1CC1)c1ccc(F)cc1. The van der Waals surface area contributed by atoms with Gasteiger partial charge in [-0.2, -0.15) is 0 Å². The van der Waals surface area contributed by atoms with Crippen molar-refractivity contribution in [1.82, 2.24) is 5.32 Å². The molecule has 0 bridgehead atoms. The molecule has 1 aromatic rings. The number of nitrogens with two attached hydrogens (primary N) is 1. The molecular weight excluding hydrogens is 243 g/mol. The van der Waals surface area contributed by atoms with Crippen LogP contribution in [0.25, 0.3) is 0 Å². The minimum atomic E-state index is -0.685. The number of nitrogens with one attached hydrogen (secondary N) is 1. The summed E-state index contributed by atoms with van der Waals surface area (Å²) in [6, 6.07) is 6.14. The lowest BCUT2D eigenvalue weighted by Gasteiger charge is -2.27. The highest BCUT2D eigenvalue weighted by molar-refractivity contribution is 5.87. The van der Waals surface area contributed by atoms with Gasteiger partial charge in [-0.05, 0) is 50.3 Å². The van der Waals surface area contributed by atoms with Gasteiger partial charge in [-0.3, -0.25) is 4.79 Å². The van der Waals surface area contributed by atoms with Crippen molar-refractivity contribution >= 4 is 5.91 Å². The van der Waals surface area contributed by atoms with E-state index in [4.69, 9.17) is 5.73 Å². The van der Waals surface area contributed by atoms with Gasteiger partial charge in [-0.25, -0.2) is 4.39 Å². The van der Waals surface area contributed by atoms with Crippen LogP contribution in [-0.2, 0) is 10.2 Å². The summed E-state index contributed by atoms with van der Waals surface area (Å²) in [6.45, 7) is 4.15. The number of amides is 1. The number of hydrogen-bond acceptors (Lipinski definition) is 2. The lowest BCUT2D eigenvalue weighted by Crippen LogP contribution is -2.48. The molecule has 0 heterocycles. The number of halogens is 1. The minimum Gasteiger partial charge on any atom is -0.351 e. The third kappa shape index (κ3) is 3.13. The van der Waals surface area contributed by atoms with E-state index in [2.05, 4.69) is 5.32 Å². The predicted molar refractivity (Wildman–Crippen MR) is 73.1 cm³/mol. The smallest absolute Gasteiger partial charge is 0.230 e. The van der Waals surface area contributed by atoms with E-state index >= 15 is 0 Å². The maximum absolute atomic E-state index is 12.9. The number of rotatable bonds is 5. The molecule has 2 rings (SSSR count). The van der Waals surface area contributed by atoms with Gasteiger partial charge in [0.25, 0.3) is 0 Å². The molecule has 0 spiro atoms. The largest absolute Gasteiger partial charge is 0.351 e. The molecule has 0 aromatic heterocycles. The monoisotopic (exact) mass is 264 g/mol. The molecule has 1 amide bonds. The predicted octanol–water partition coefficient (Wildman–Crippen LogP) is 1.96. The normalized spacial score (nSPS) is 17.1. The summed E-state index contributed by atoms with van der Waals surface area (Å²) in [5, 5.41) is 3.02. The zero-order valence-electron chi connectivity index (χ0n) is 11.4. The second-order valence-electron chi connectivity index (χ2n) is 5.78. The van der Waals surface area contributed by atoms with Gasteiger partial charge in [0.1, 0.15) is 5.82 Å². The average Bonchev–Trinajstić information content (AvgIpc) is 3.20. The Bertz CT molecular complexity index is 452. The van der Waals surface area contributed by atoms with Crippen molar-refractivity contribution in [2.45, 2.75) is 38.1 Å². The molecule has 1 aromatic carbocycles. The second-order valence-corrected chi connectivity index (χ2v) is 5.78. The van der Waals surface area contributed by atoms with Crippen molar-refractivity contribution in [3.05, 3.63) is 35.6 Å². The van der Waals surface area contributed by atoms with Crippen molar-refractivity contribution < 1.29 is 9.18 Å². The molecule has 0 aliphatic heterocycles. The third-order valence-corrected chi connectivity index (χ3v) is 3.90. The molecule has 19 heavy (non-hydrogen) atoms. The third-order valence-electron chi connectivity index (χ3n) is 3.90. The Labute approximate surface area is 113 Å². The van der Waals surface area contributed by atoms with E-state index in [0.717, 1.165) is 18.4 Å². The highest BCUT2D eigenvalue weighted by Gasteiger charge is 2.36. The topological polar surface area (TPSA) is 55.1 Å². The minimum absolute atomic E-state index is 0.0542. The summed E-state index contributed by atoms with van der Waals surface area (Å²) >= 11 is 0. The van der Waals surface area contributed by atoms with Crippen molar-refractivity contribution in [2.24, 2.45) is 11.7 Å². The standard InChI is InChI=1S/C15H21FN2O/c1-15(2,11-5-7-12(16)8-6-11)14(19)18-13(9-17)10-3-4-10/h5-8,10,13H,3-4,9,17H2,1-2H3,(H,18,19). The zero-order chi connectivity index (χ0) is 14.0. The highest BCUT2D eigenvalue weighted by atomic mass is 19.1. The molecule has 0 radical (unpaired) electrons. The van der Waals surface area contributed by atoms with Crippen LogP contribution < -0.4 is 11.1 Å². The van der Waals surface area contributed by atoms with Crippen LogP contribution in [0.5, 0.6) is 0 Å². The van der Waals surface area contributed by atoms with E-state index in [1.54, 1.807) is 12.1 Å². The number of benzene rings is 1. The molecule has 3 nitrogen and oxygen atoms in total. The molecule has 4 heteroatoms. The highest BCUT2D eigenvalue weighted by Crippen LogP contribution is 2.33. The molecule has 1 unspecified atom stereocenters. The van der Waals surface area contributed by atoms with Gasteiger partial charge >= 0.3 is 0 Å². The molecule has 1 saturated carbocycles. The van der Waals surface area contributed by atoms with Crippen molar-refractivity contribution in [3.8, 4) is 0 Å². The Kier molecular flexibility index (Phi) is 3.90. The van der Waals surface area contributed by atoms with Gasteiger partial charge in [-0.1, -0.05) is 12.1 Å². The fourth-order valence-electron chi connectivity index (χ4n) is 2.21. The van der Waals surface area contributed by atoms with Crippen molar-refractivity contribution in [2.75, 3.05) is 6.54 Å². The maximum atomic E-state index is 12.9. The first-order valence-electron chi connectivity index (χ1n) is 6.72. The zero-order valence-corrected chi connectivity index (χ0v) is 11.4. The van der Waals surface area contributed by atoms with Crippen molar-refractivity contribution in [3.63, 3.8) is 0 Å². The van der Waals surface area contributed by atoms with Gasteiger partial charge in [0.15, 0.2) is 0 Å². The molecule has 104 valence electrons. The van der Waals surface area contributed by atoms with Crippen LogP contribution in [0.2, 0.25) is 0 Å². The second kappa shape index (κ2) is 5.29. The van der Waals surface area contributed by atoms with Gasteiger partial charge in [0, 0.05) is 12.6 Å².